The number of Topliss-reactive ketones (excluding diaryl/α,β-unsaturated/α-hetero) is 1. The van der Waals surface area contributed by atoms with Crippen LogP contribution < -0.4 is 5.32 Å². The molecule has 0 radical (unpaired) electrons. The standard InChI is InChI=1S/C16H19NO4/c1-2-11-3-5-12(6-4-11)13(18)7-8-14(19)17-16(9-10-16)15(20)21/h3-6H,2,7-10H2,1H3,(H,17,19)(H,20,21). The lowest BCUT2D eigenvalue weighted by Gasteiger charge is -2.12. The minimum absolute atomic E-state index is 0.0173. The summed E-state index contributed by atoms with van der Waals surface area (Å²) in [6.45, 7) is 2.04. The molecule has 21 heavy (non-hydrogen) atoms. The third-order valence-corrected chi connectivity index (χ3v) is 3.80. The summed E-state index contributed by atoms with van der Waals surface area (Å²) in [5.41, 5.74) is 0.656. The third kappa shape index (κ3) is 3.68. The predicted octanol–water partition coefficient (Wildman–Crippen LogP) is 1.95. The molecule has 5 nitrogen and oxygen atoms in total. The van der Waals surface area contributed by atoms with Gasteiger partial charge in [0.25, 0.3) is 0 Å². The summed E-state index contributed by atoms with van der Waals surface area (Å²) in [5, 5.41) is 11.5. The van der Waals surface area contributed by atoms with Gasteiger partial charge in [0.05, 0.1) is 0 Å². The Kier molecular flexibility index (Phi) is 4.40. The molecule has 0 bridgehead atoms. The Labute approximate surface area is 123 Å². The number of carboxylic acid groups (broad SMARTS) is 1. The zero-order valence-corrected chi connectivity index (χ0v) is 12.0. The molecule has 2 rings (SSSR count). The maximum atomic E-state index is 12.0. The van der Waals surface area contributed by atoms with E-state index in [4.69, 9.17) is 5.11 Å². The second kappa shape index (κ2) is 6.08. The maximum Gasteiger partial charge on any atom is 0.329 e. The first kappa shape index (κ1) is 15.2. The van der Waals surface area contributed by atoms with E-state index in [1.807, 2.05) is 19.1 Å². The van der Waals surface area contributed by atoms with Crippen LogP contribution in [0.4, 0.5) is 0 Å². The molecule has 1 aliphatic carbocycles. The highest BCUT2D eigenvalue weighted by Crippen LogP contribution is 2.35. The van der Waals surface area contributed by atoms with Crippen molar-refractivity contribution in [2.24, 2.45) is 0 Å². The average Bonchev–Trinajstić information content (AvgIpc) is 3.26. The SMILES string of the molecule is CCc1ccc(C(=O)CCC(=O)NC2(C(=O)O)CC2)cc1. The van der Waals surface area contributed by atoms with Crippen molar-refractivity contribution < 1.29 is 19.5 Å². The molecule has 5 heteroatoms. The molecular formula is C16H19NO4. The van der Waals surface area contributed by atoms with E-state index in [0.717, 1.165) is 12.0 Å². The van der Waals surface area contributed by atoms with Crippen molar-refractivity contribution in [1.29, 1.82) is 0 Å². The molecule has 2 N–H and O–H groups in total. The minimum atomic E-state index is -1.08. The lowest BCUT2D eigenvalue weighted by atomic mass is 10.0. The van der Waals surface area contributed by atoms with E-state index < -0.39 is 11.5 Å². The van der Waals surface area contributed by atoms with Gasteiger partial charge >= 0.3 is 5.97 Å². The first-order chi connectivity index (χ1) is 9.97. The van der Waals surface area contributed by atoms with Crippen LogP contribution in [0.15, 0.2) is 24.3 Å². The van der Waals surface area contributed by atoms with Gasteiger partial charge in [-0.1, -0.05) is 31.2 Å². The Morgan fingerprint density at radius 3 is 2.24 bits per heavy atom. The summed E-state index contributed by atoms with van der Waals surface area (Å²) in [6.07, 6.45) is 1.94. The number of rotatable bonds is 7. The van der Waals surface area contributed by atoms with Crippen LogP contribution in [0.1, 0.15) is 48.5 Å². The van der Waals surface area contributed by atoms with E-state index in [2.05, 4.69) is 5.32 Å². The van der Waals surface area contributed by atoms with Gasteiger partial charge in [-0.15, -0.1) is 0 Å². The summed E-state index contributed by atoms with van der Waals surface area (Å²) in [4.78, 5) is 34.6. The maximum absolute atomic E-state index is 12.0. The highest BCUT2D eigenvalue weighted by molar-refractivity contribution is 5.98. The Bertz CT molecular complexity index is 558. The molecule has 1 amide bonds. The van der Waals surface area contributed by atoms with Gasteiger partial charge in [0, 0.05) is 18.4 Å². The minimum Gasteiger partial charge on any atom is -0.480 e. The first-order valence-corrected chi connectivity index (χ1v) is 7.13. The lowest BCUT2D eigenvalue weighted by Crippen LogP contribution is -2.43. The van der Waals surface area contributed by atoms with Gasteiger partial charge in [-0.25, -0.2) is 4.79 Å². The summed E-state index contributed by atoms with van der Waals surface area (Å²) in [6, 6.07) is 7.32. The van der Waals surface area contributed by atoms with Crippen LogP contribution in [-0.2, 0) is 16.0 Å². The second-order valence-corrected chi connectivity index (χ2v) is 5.41. The Balaban J connectivity index is 1.83. The molecule has 1 saturated carbocycles. The van der Waals surface area contributed by atoms with Crippen molar-refractivity contribution in [3.05, 3.63) is 35.4 Å². The molecule has 1 aromatic carbocycles. The van der Waals surface area contributed by atoms with Crippen LogP contribution in [0.25, 0.3) is 0 Å². The van der Waals surface area contributed by atoms with E-state index in [-0.39, 0.29) is 24.5 Å². The monoisotopic (exact) mass is 289 g/mol. The fourth-order valence-corrected chi connectivity index (χ4v) is 2.14. The van der Waals surface area contributed by atoms with Gasteiger partial charge in [-0.3, -0.25) is 9.59 Å². The summed E-state index contributed by atoms with van der Waals surface area (Å²) < 4.78 is 0. The number of carboxylic acids is 1. The van der Waals surface area contributed by atoms with E-state index >= 15 is 0 Å². The van der Waals surface area contributed by atoms with Crippen molar-refractivity contribution >= 4 is 17.7 Å². The Morgan fingerprint density at radius 2 is 1.76 bits per heavy atom. The fourth-order valence-electron chi connectivity index (χ4n) is 2.14. The topological polar surface area (TPSA) is 83.5 Å². The zero-order valence-electron chi connectivity index (χ0n) is 12.0. The van der Waals surface area contributed by atoms with Crippen molar-refractivity contribution in [1.82, 2.24) is 5.32 Å². The largest absolute Gasteiger partial charge is 0.480 e. The third-order valence-electron chi connectivity index (χ3n) is 3.80. The van der Waals surface area contributed by atoms with Crippen molar-refractivity contribution in [2.75, 3.05) is 0 Å². The number of ketones is 1. The molecule has 0 aromatic heterocycles. The van der Waals surface area contributed by atoms with Crippen LogP contribution >= 0.6 is 0 Å². The molecule has 1 aromatic rings. The number of hydrogen-bond acceptors (Lipinski definition) is 3. The van der Waals surface area contributed by atoms with Crippen LogP contribution in [0.5, 0.6) is 0 Å². The molecule has 0 saturated heterocycles. The molecule has 0 atom stereocenters. The molecule has 0 spiro atoms. The summed E-state index contributed by atoms with van der Waals surface area (Å²) in [7, 11) is 0. The summed E-state index contributed by atoms with van der Waals surface area (Å²) in [5.74, 6) is -1.49. The molecule has 0 aliphatic heterocycles. The van der Waals surface area contributed by atoms with E-state index in [1.165, 1.54) is 0 Å². The van der Waals surface area contributed by atoms with Crippen LogP contribution in [-0.4, -0.2) is 28.3 Å². The normalized spacial score (nSPS) is 15.3. The second-order valence-electron chi connectivity index (χ2n) is 5.41. The van der Waals surface area contributed by atoms with E-state index in [1.54, 1.807) is 12.1 Å². The first-order valence-electron chi connectivity index (χ1n) is 7.13. The number of carbonyl (C=O) groups excluding carboxylic acids is 2. The van der Waals surface area contributed by atoms with E-state index in [9.17, 15) is 14.4 Å². The lowest BCUT2D eigenvalue weighted by molar-refractivity contribution is -0.143. The number of hydrogen-bond donors (Lipinski definition) is 2. The zero-order chi connectivity index (χ0) is 15.5. The van der Waals surface area contributed by atoms with Crippen LogP contribution in [0.2, 0.25) is 0 Å². The van der Waals surface area contributed by atoms with Gasteiger partial charge in [0.2, 0.25) is 5.91 Å². The smallest absolute Gasteiger partial charge is 0.329 e. The van der Waals surface area contributed by atoms with Gasteiger partial charge in [-0.05, 0) is 24.8 Å². The molecule has 0 heterocycles. The number of aryl methyl sites for hydroxylation is 1. The highest BCUT2D eigenvalue weighted by atomic mass is 16.4. The summed E-state index contributed by atoms with van der Waals surface area (Å²) >= 11 is 0. The van der Waals surface area contributed by atoms with Gasteiger partial charge in [-0.2, -0.15) is 0 Å². The number of amides is 1. The number of carbonyl (C=O) groups is 3. The number of nitrogens with one attached hydrogen (secondary N) is 1. The fraction of sp³-hybridized carbons (Fsp3) is 0.438. The predicted molar refractivity (Wildman–Crippen MR) is 77.1 cm³/mol. The molecule has 112 valence electrons. The quantitative estimate of drug-likeness (QED) is 0.751. The molecule has 1 aliphatic rings. The van der Waals surface area contributed by atoms with Gasteiger partial charge < -0.3 is 10.4 Å². The van der Waals surface area contributed by atoms with Gasteiger partial charge in [0.15, 0.2) is 5.78 Å². The van der Waals surface area contributed by atoms with Crippen molar-refractivity contribution in [3.63, 3.8) is 0 Å². The number of aliphatic carboxylic acids is 1. The van der Waals surface area contributed by atoms with Crippen LogP contribution in [0, 0.1) is 0 Å². The van der Waals surface area contributed by atoms with Gasteiger partial charge in [0.1, 0.15) is 5.54 Å². The molecule has 1 fully saturated rings. The Morgan fingerprint density at radius 1 is 1.14 bits per heavy atom. The van der Waals surface area contributed by atoms with Crippen LogP contribution in [0.3, 0.4) is 0 Å². The molecular weight excluding hydrogens is 270 g/mol. The highest BCUT2D eigenvalue weighted by Gasteiger charge is 2.51. The van der Waals surface area contributed by atoms with Crippen molar-refractivity contribution in [3.8, 4) is 0 Å². The van der Waals surface area contributed by atoms with E-state index in [0.29, 0.717) is 18.4 Å². The number of benzene rings is 1. The Hall–Kier alpha value is -2.17. The molecule has 0 unspecified atom stereocenters. The van der Waals surface area contributed by atoms with Crippen molar-refractivity contribution in [2.45, 2.75) is 44.6 Å². The average molecular weight is 289 g/mol.